The van der Waals surface area contributed by atoms with Crippen molar-refractivity contribution in [2.45, 2.75) is 33.1 Å². The first-order chi connectivity index (χ1) is 12.0. The maximum atomic E-state index is 12.7. The summed E-state index contributed by atoms with van der Waals surface area (Å²) in [5.74, 6) is 1.51. The molecule has 0 saturated carbocycles. The van der Waals surface area contributed by atoms with Crippen LogP contribution in [0.25, 0.3) is 0 Å². The van der Waals surface area contributed by atoms with Gasteiger partial charge in [-0.1, -0.05) is 24.6 Å². The molecule has 4 nitrogen and oxygen atoms in total. The van der Waals surface area contributed by atoms with Crippen molar-refractivity contribution < 1.29 is 4.79 Å². The Labute approximate surface area is 156 Å². The molecule has 0 aliphatic carbocycles. The second-order valence-electron chi connectivity index (χ2n) is 7.57. The van der Waals surface area contributed by atoms with E-state index in [0.29, 0.717) is 24.2 Å². The number of amides is 1. The van der Waals surface area contributed by atoms with E-state index in [-0.39, 0.29) is 0 Å². The van der Waals surface area contributed by atoms with Gasteiger partial charge in [0.05, 0.1) is 0 Å². The summed E-state index contributed by atoms with van der Waals surface area (Å²) in [6, 6.07) is 6.03. The third-order valence-corrected chi connectivity index (χ3v) is 6.06. The highest BCUT2D eigenvalue weighted by atomic mass is 35.5. The number of aryl methyl sites for hydroxylation is 1. The molecule has 2 aliphatic rings. The Balaban J connectivity index is 1.51. The first-order valence-corrected chi connectivity index (χ1v) is 9.92. The minimum Gasteiger partial charge on any atom is -0.368 e. The molecule has 2 fully saturated rings. The summed E-state index contributed by atoms with van der Waals surface area (Å²) >= 11 is 6.15. The van der Waals surface area contributed by atoms with E-state index < -0.39 is 0 Å². The second kappa shape index (κ2) is 8.41. The molecule has 2 saturated heterocycles. The fraction of sp³-hybridized carbons (Fsp3) is 0.650. The summed E-state index contributed by atoms with van der Waals surface area (Å²) in [7, 11) is 0. The predicted octanol–water partition coefficient (Wildman–Crippen LogP) is 3.32. The number of rotatable bonds is 4. The van der Waals surface area contributed by atoms with E-state index >= 15 is 0 Å². The molecule has 0 radical (unpaired) electrons. The van der Waals surface area contributed by atoms with Crippen molar-refractivity contribution in [1.29, 1.82) is 0 Å². The molecule has 2 aliphatic heterocycles. The Bertz CT molecular complexity index is 593. The van der Waals surface area contributed by atoms with Gasteiger partial charge in [0.25, 0.3) is 0 Å². The van der Waals surface area contributed by atoms with E-state index in [4.69, 9.17) is 11.6 Å². The molecule has 1 unspecified atom stereocenters. The van der Waals surface area contributed by atoms with E-state index in [1.165, 1.54) is 24.1 Å². The summed E-state index contributed by atoms with van der Waals surface area (Å²) in [5, 5.41) is 4.18. The Morgan fingerprint density at radius 3 is 2.60 bits per heavy atom. The molecule has 1 N–H and O–H groups in total. The highest BCUT2D eigenvalue weighted by Crippen LogP contribution is 2.27. The molecule has 5 heteroatoms. The fourth-order valence-corrected chi connectivity index (χ4v) is 4.27. The number of piperidine rings is 1. The number of benzene rings is 1. The van der Waals surface area contributed by atoms with Crippen molar-refractivity contribution in [3.05, 3.63) is 28.8 Å². The van der Waals surface area contributed by atoms with Crippen molar-refractivity contribution in [2.75, 3.05) is 44.2 Å². The maximum Gasteiger partial charge on any atom is 0.222 e. The molecule has 2 heterocycles. The van der Waals surface area contributed by atoms with Crippen LogP contribution in [0.3, 0.4) is 0 Å². The van der Waals surface area contributed by atoms with Gasteiger partial charge in [-0.25, -0.2) is 0 Å². The quantitative estimate of drug-likeness (QED) is 0.891. The van der Waals surface area contributed by atoms with E-state index in [1.807, 2.05) is 17.0 Å². The maximum absolute atomic E-state index is 12.7. The molecule has 3 rings (SSSR count). The van der Waals surface area contributed by atoms with Gasteiger partial charge in [-0.3, -0.25) is 4.79 Å². The van der Waals surface area contributed by atoms with E-state index in [2.05, 4.69) is 30.1 Å². The largest absolute Gasteiger partial charge is 0.368 e. The van der Waals surface area contributed by atoms with Gasteiger partial charge in [0.15, 0.2) is 0 Å². The van der Waals surface area contributed by atoms with Crippen LogP contribution >= 0.6 is 11.6 Å². The number of hydrogen-bond acceptors (Lipinski definition) is 3. The molecule has 25 heavy (non-hydrogen) atoms. The Kier molecular flexibility index (Phi) is 6.24. The SMILES string of the molecule is Cc1ccc(Cl)cc1N1CCN(C(=O)CC(C)C2CCNCC2)CC1. The van der Waals surface area contributed by atoms with Gasteiger partial charge in [0.2, 0.25) is 5.91 Å². The van der Waals surface area contributed by atoms with Crippen LogP contribution in [0.15, 0.2) is 18.2 Å². The van der Waals surface area contributed by atoms with E-state index in [1.54, 1.807) is 0 Å². The molecule has 0 bridgehead atoms. The lowest BCUT2D eigenvalue weighted by molar-refractivity contribution is -0.132. The van der Waals surface area contributed by atoms with Crippen LogP contribution in [-0.2, 0) is 4.79 Å². The monoisotopic (exact) mass is 363 g/mol. The second-order valence-corrected chi connectivity index (χ2v) is 8.00. The first kappa shape index (κ1) is 18.5. The van der Waals surface area contributed by atoms with E-state index in [0.717, 1.165) is 44.3 Å². The molecule has 1 amide bonds. The number of halogens is 1. The average Bonchev–Trinajstić information content (AvgIpc) is 2.64. The van der Waals surface area contributed by atoms with Crippen molar-refractivity contribution in [3.8, 4) is 0 Å². The molecular weight excluding hydrogens is 334 g/mol. The molecule has 0 aromatic heterocycles. The standard InChI is InChI=1S/C20H30ClN3O/c1-15-3-4-18(21)14-19(15)23-9-11-24(12-10-23)20(25)13-16(2)17-5-7-22-8-6-17/h3-4,14,16-17,22H,5-13H2,1-2H3. The summed E-state index contributed by atoms with van der Waals surface area (Å²) in [5.41, 5.74) is 2.44. The Hall–Kier alpha value is -1.26. The number of nitrogens with zero attached hydrogens (tertiary/aromatic N) is 2. The smallest absolute Gasteiger partial charge is 0.222 e. The van der Waals surface area contributed by atoms with Crippen LogP contribution in [0.5, 0.6) is 0 Å². The molecule has 1 aromatic rings. The van der Waals surface area contributed by atoms with Crippen molar-refractivity contribution in [2.24, 2.45) is 11.8 Å². The van der Waals surface area contributed by atoms with Crippen molar-refractivity contribution in [1.82, 2.24) is 10.2 Å². The lowest BCUT2D eigenvalue weighted by Crippen LogP contribution is -2.49. The minimum absolute atomic E-state index is 0.327. The lowest BCUT2D eigenvalue weighted by atomic mass is 9.84. The number of hydrogen-bond donors (Lipinski definition) is 1. The normalized spacial score (nSPS) is 20.6. The highest BCUT2D eigenvalue weighted by molar-refractivity contribution is 6.30. The molecular formula is C20H30ClN3O. The minimum atomic E-state index is 0.327. The molecule has 1 aromatic carbocycles. The summed E-state index contributed by atoms with van der Waals surface area (Å²) in [4.78, 5) is 17.1. The highest BCUT2D eigenvalue weighted by Gasteiger charge is 2.26. The Morgan fingerprint density at radius 2 is 1.92 bits per heavy atom. The van der Waals surface area contributed by atoms with Crippen LogP contribution in [0, 0.1) is 18.8 Å². The van der Waals surface area contributed by atoms with E-state index in [9.17, 15) is 4.79 Å². The zero-order valence-corrected chi connectivity index (χ0v) is 16.2. The van der Waals surface area contributed by atoms with Gasteiger partial charge >= 0.3 is 0 Å². The first-order valence-electron chi connectivity index (χ1n) is 9.54. The van der Waals surface area contributed by atoms with Crippen LogP contribution in [0.2, 0.25) is 5.02 Å². The Morgan fingerprint density at radius 1 is 1.24 bits per heavy atom. The summed E-state index contributed by atoms with van der Waals surface area (Å²) < 4.78 is 0. The molecule has 0 spiro atoms. The van der Waals surface area contributed by atoms with Crippen LogP contribution in [-0.4, -0.2) is 50.1 Å². The third kappa shape index (κ3) is 4.68. The van der Waals surface area contributed by atoms with Gasteiger partial charge in [-0.15, -0.1) is 0 Å². The number of piperazine rings is 1. The van der Waals surface area contributed by atoms with Crippen molar-refractivity contribution >= 4 is 23.2 Å². The van der Waals surface area contributed by atoms with Gasteiger partial charge in [-0.05, 0) is 62.4 Å². The lowest BCUT2D eigenvalue weighted by Gasteiger charge is -2.38. The van der Waals surface area contributed by atoms with Crippen LogP contribution in [0.1, 0.15) is 31.7 Å². The zero-order valence-electron chi connectivity index (χ0n) is 15.4. The van der Waals surface area contributed by atoms with Crippen molar-refractivity contribution in [3.63, 3.8) is 0 Å². The molecule has 138 valence electrons. The number of anilines is 1. The summed E-state index contributed by atoms with van der Waals surface area (Å²) in [6.45, 7) is 9.95. The number of nitrogens with one attached hydrogen (secondary N) is 1. The van der Waals surface area contributed by atoms with Crippen LogP contribution < -0.4 is 10.2 Å². The number of carbonyl (C=O) groups is 1. The van der Waals surface area contributed by atoms with Gasteiger partial charge in [0, 0.05) is 43.3 Å². The molecule has 1 atom stereocenters. The average molecular weight is 364 g/mol. The van der Waals surface area contributed by atoms with Gasteiger partial charge in [0.1, 0.15) is 0 Å². The number of carbonyl (C=O) groups excluding carboxylic acids is 1. The fourth-order valence-electron chi connectivity index (χ4n) is 4.10. The zero-order chi connectivity index (χ0) is 17.8. The summed E-state index contributed by atoms with van der Waals surface area (Å²) in [6.07, 6.45) is 3.10. The van der Waals surface area contributed by atoms with Crippen LogP contribution in [0.4, 0.5) is 5.69 Å². The third-order valence-electron chi connectivity index (χ3n) is 5.83. The predicted molar refractivity (Wildman–Crippen MR) is 104 cm³/mol. The topological polar surface area (TPSA) is 35.6 Å². The van der Waals surface area contributed by atoms with Gasteiger partial charge in [-0.2, -0.15) is 0 Å². The van der Waals surface area contributed by atoms with Gasteiger partial charge < -0.3 is 15.1 Å².